The number of hydrogen-bond acceptors (Lipinski definition) is 5. The zero-order valence-electron chi connectivity index (χ0n) is 19.0. The Bertz CT molecular complexity index is 1350. The first-order valence-corrected chi connectivity index (χ1v) is 11.0. The Morgan fingerprint density at radius 3 is 2.17 bits per heavy atom. The molecule has 3 aromatic carbocycles. The quantitative estimate of drug-likeness (QED) is 0.561. The maximum atomic E-state index is 14.0. The van der Waals surface area contributed by atoms with E-state index in [1.165, 1.54) is 41.3 Å². The highest BCUT2D eigenvalue weighted by molar-refractivity contribution is 6.09. The Morgan fingerprint density at radius 1 is 1.00 bits per heavy atom. The molecule has 36 heavy (non-hydrogen) atoms. The summed E-state index contributed by atoms with van der Waals surface area (Å²) in [6.07, 6.45) is -4.94. The van der Waals surface area contributed by atoms with E-state index >= 15 is 0 Å². The molecule has 184 valence electrons. The maximum Gasteiger partial charge on any atom is 0.573 e. The van der Waals surface area contributed by atoms with E-state index in [-0.39, 0.29) is 24.5 Å². The molecule has 5 rings (SSSR count). The minimum Gasteiger partial charge on any atom is -0.406 e. The number of rotatable bonds is 4. The van der Waals surface area contributed by atoms with Gasteiger partial charge in [0.2, 0.25) is 5.72 Å². The number of ether oxygens (including phenoxy) is 2. The van der Waals surface area contributed by atoms with Crippen molar-refractivity contribution in [2.24, 2.45) is 0 Å². The molecule has 1 spiro atoms. The van der Waals surface area contributed by atoms with E-state index in [4.69, 9.17) is 4.74 Å². The van der Waals surface area contributed by atoms with E-state index in [0.29, 0.717) is 11.3 Å². The molecule has 0 saturated carbocycles. The van der Waals surface area contributed by atoms with Gasteiger partial charge in [0.1, 0.15) is 11.3 Å². The van der Waals surface area contributed by atoms with Gasteiger partial charge in [0.25, 0.3) is 0 Å². The lowest BCUT2D eigenvalue weighted by molar-refractivity contribution is -0.274. The smallest absolute Gasteiger partial charge is 0.406 e. The Morgan fingerprint density at radius 2 is 1.61 bits per heavy atom. The first-order chi connectivity index (χ1) is 17.1. The summed E-state index contributed by atoms with van der Waals surface area (Å²) in [7, 11) is 0. The molecule has 0 aromatic heterocycles. The summed E-state index contributed by atoms with van der Waals surface area (Å²) >= 11 is 0. The second-order valence-corrected chi connectivity index (χ2v) is 8.72. The zero-order valence-corrected chi connectivity index (χ0v) is 19.0. The molecule has 7 nitrogen and oxygen atoms in total. The van der Waals surface area contributed by atoms with Crippen LogP contribution in [0, 0.1) is 18.3 Å². The lowest BCUT2D eigenvalue weighted by Gasteiger charge is -2.51. The van der Waals surface area contributed by atoms with Crippen LogP contribution >= 0.6 is 0 Å². The van der Waals surface area contributed by atoms with Crippen molar-refractivity contribution in [1.82, 2.24) is 0 Å². The molecule has 10 heteroatoms. The number of alkyl halides is 3. The molecule has 0 aliphatic carbocycles. The molecule has 2 fully saturated rings. The van der Waals surface area contributed by atoms with Crippen LogP contribution in [-0.2, 0) is 10.5 Å². The molecule has 2 amide bonds. The number of halogens is 3. The fourth-order valence-corrected chi connectivity index (χ4v) is 4.75. The molecule has 1 N–H and O–H groups in total. The number of nitriles is 1. The molecule has 2 aliphatic heterocycles. The van der Waals surface area contributed by atoms with Crippen LogP contribution < -0.4 is 14.5 Å². The minimum absolute atomic E-state index is 0.0138. The topological polar surface area (TPSA) is 86.0 Å². The number of urea groups is 1. The van der Waals surface area contributed by atoms with E-state index < -0.39 is 29.4 Å². The van der Waals surface area contributed by atoms with Gasteiger partial charge in [-0.25, -0.2) is 4.79 Å². The normalized spacial score (nSPS) is 20.8. The van der Waals surface area contributed by atoms with E-state index in [2.05, 4.69) is 4.74 Å². The molecule has 0 radical (unpaired) electrons. The van der Waals surface area contributed by atoms with Gasteiger partial charge in [-0.3, -0.25) is 9.80 Å². The number of aliphatic hydroxyl groups is 1. The standard InChI is InChI=1S/C26H20F3N3O4/c1-17-5-9-20(10-6-17)31-23(33)32(21-11-7-18(14-30)8-12-21)25(34,24(31)15-35-16-24)19-3-2-4-22(13-19)36-26(27,28)29/h2-13,34H,15-16H2,1H3. The summed E-state index contributed by atoms with van der Waals surface area (Å²) in [4.78, 5) is 16.6. The molecule has 2 heterocycles. The third-order valence-corrected chi connectivity index (χ3v) is 6.48. The van der Waals surface area contributed by atoms with Crippen molar-refractivity contribution in [3.8, 4) is 11.8 Å². The Labute approximate surface area is 204 Å². The van der Waals surface area contributed by atoms with Crippen LogP contribution in [0.25, 0.3) is 0 Å². The molecule has 2 aliphatic rings. The van der Waals surface area contributed by atoms with Gasteiger partial charge in [0.05, 0.1) is 24.8 Å². The predicted molar refractivity (Wildman–Crippen MR) is 123 cm³/mol. The van der Waals surface area contributed by atoms with Crippen molar-refractivity contribution >= 4 is 17.4 Å². The number of aryl methyl sites for hydroxylation is 1. The van der Waals surface area contributed by atoms with Crippen molar-refractivity contribution in [1.29, 1.82) is 5.26 Å². The minimum atomic E-state index is -4.94. The predicted octanol–water partition coefficient (Wildman–Crippen LogP) is 4.83. The van der Waals surface area contributed by atoms with Crippen LogP contribution in [0.2, 0.25) is 0 Å². The summed E-state index contributed by atoms with van der Waals surface area (Å²) in [5.74, 6) is -0.537. The first kappa shape index (κ1) is 23.7. The van der Waals surface area contributed by atoms with Gasteiger partial charge in [0.15, 0.2) is 0 Å². The lowest BCUT2D eigenvalue weighted by Crippen LogP contribution is -2.70. The third kappa shape index (κ3) is 3.56. The molecule has 3 aromatic rings. The number of carbonyl (C=O) groups excluding carboxylic acids is 1. The fraction of sp³-hybridized carbons (Fsp3) is 0.231. The summed E-state index contributed by atoms with van der Waals surface area (Å²) in [6, 6.07) is 19.4. The van der Waals surface area contributed by atoms with Crippen molar-refractivity contribution in [3.63, 3.8) is 0 Å². The summed E-state index contributed by atoms with van der Waals surface area (Å²) in [6.45, 7) is 1.75. The van der Waals surface area contributed by atoms with Crippen LogP contribution in [0.3, 0.4) is 0 Å². The molecular formula is C26H20F3N3O4. The van der Waals surface area contributed by atoms with Crippen LogP contribution in [0.4, 0.5) is 29.3 Å². The van der Waals surface area contributed by atoms with Crippen LogP contribution in [-0.4, -0.2) is 36.3 Å². The first-order valence-electron chi connectivity index (χ1n) is 11.0. The summed E-state index contributed by atoms with van der Waals surface area (Å²) < 4.78 is 48.5. The monoisotopic (exact) mass is 495 g/mol. The zero-order chi connectivity index (χ0) is 25.7. The molecule has 2 saturated heterocycles. The highest BCUT2D eigenvalue weighted by atomic mass is 19.4. The largest absolute Gasteiger partial charge is 0.573 e. The Balaban J connectivity index is 1.72. The average molecular weight is 495 g/mol. The average Bonchev–Trinajstić information content (AvgIpc) is 3.03. The van der Waals surface area contributed by atoms with Crippen molar-refractivity contribution in [2.45, 2.75) is 24.6 Å². The van der Waals surface area contributed by atoms with Gasteiger partial charge < -0.3 is 14.6 Å². The summed E-state index contributed by atoms with van der Waals surface area (Å²) in [5, 5.41) is 21.6. The highest BCUT2D eigenvalue weighted by Gasteiger charge is 2.72. The number of carbonyl (C=O) groups is 1. The van der Waals surface area contributed by atoms with Crippen molar-refractivity contribution < 1.29 is 32.5 Å². The lowest BCUT2D eigenvalue weighted by atomic mass is 9.78. The van der Waals surface area contributed by atoms with Crippen LogP contribution in [0.5, 0.6) is 5.75 Å². The summed E-state index contributed by atoms with van der Waals surface area (Å²) in [5.41, 5.74) is -1.45. The Kier molecular flexibility index (Phi) is 5.43. The maximum absolute atomic E-state index is 14.0. The van der Waals surface area contributed by atoms with E-state index in [0.717, 1.165) is 22.6 Å². The van der Waals surface area contributed by atoms with Crippen molar-refractivity contribution in [2.75, 3.05) is 23.0 Å². The van der Waals surface area contributed by atoms with Gasteiger partial charge >= 0.3 is 12.4 Å². The highest BCUT2D eigenvalue weighted by Crippen LogP contribution is 2.54. The van der Waals surface area contributed by atoms with Gasteiger partial charge in [0, 0.05) is 16.9 Å². The van der Waals surface area contributed by atoms with Gasteiger partial charge in [-0.15, -0.1) is 13.2 Å². The van der Waals surface area contributed by atoms with E-state index in [9.17, 15) is 28.3 Å². The molecular weight excluding hydrogens is 475 g/mol. The van der Waals surface area contributed by atoms with E-state index in [1.807, 2.05) is 25.1 Å². The Hall–Kier alpha value is -4.07. The van der Waals surface area contributed by atoms with Gasteiger partial charge in [-0.2, -0.15) is 5.26 Å². The van der Waals surface area contributed by atoms with Crippen LogP contribution in [0.1, 0.15) is 16.7 Å². The van der Waals surface area contributed by atoms with Crippen LogP contribution in [0.15, 0.2) is 72.8 Å². The number of hydrogen-bond donors (Lipinski definition) is 1. The molecule has 1 unspecified atom stereocenters. The van der Waals surface area contributed by atoms with E-state index in [1.54, 1.807) is 12.1 Å². The van der Waals surface area contributed by atoms with Gasteiger partial charge in [-0.05, 0) is 55.5 Å². The second kappa shape index (κ2) is 8.26. The SMILES string of the molecule is Cc1ccc(N2C(=O)N(c3ccc(C#N)cc3)C(O)(c3cccc(OC(F)(F)F)c3)C23COC3)cc1. The van der Waals surface area contributed by atoms with Gasteiger partial charge in [-0.1, -0.05) is 29.8 Å². The fourth-order valence-electron chi connectivity index (χ4n) is 4.75. The molecule has 0 bridgehead atoms. The number of amides is 2. The molecule has 1 atom stereocenters. The number of benzene rings is 3. The number of nitrogens with zero attached hydrogens (tertiary/aromatic N) is 3. The number of anilines is 2. The van der Waals surface area contributed by atoms with Crippen molar-refractivity contribution in [3.05, 3.63) is 89.5 Å². The third-order valence-electron chi connectivity index (χ3n) is 6.48. The second-order valence-electron chi connectivity index (χ2n) is 8.72.